The molecule has 204 valence electrons. The number of hydrogen-bond acceptors (Lipinski definition) is 6. The van der Waals surface area contributed by atoms with Crippen LogP contribution >= 0.6 is 11.6 Å². The highest BCUT2D eigenvalue weighted by atomic mass is 35.5. The minimum atomic E-state index is -0.783. The number of ether oxygens (including phenoxy) is 4. The molecule has 0 amide bonds. The van der Waals surface area contributed by atoms with E-state index in [1.807, 2.05) is 97.1 Å². The summed E-state index contributed by atoms with van der Waals surface area (Å²) < 4.78 is 27.1. The fourth-order valence-electron chi connectivity index (χ4n) is 4.80. The quantitative estimate of drug-likeness (QED) is 0.198. The van der Waals surface area contributed by atoms with E-state index in [-0.39, 0.29) is 17.9 Å². The molecule has 8 heteroatoms. The summed E-state index contributed by atoms with van der Waals surface area (Å²) in [7, 11) is 0. The van der Waals surface area contributed by atoms with Gasteiger partial charge in [0.05, 0.1) is 32.0 Å². The standard InChI is InChI=1S/C32H29ClN2O5/c33-31(36)28-26(18-34)16-17-35(28)32-30(39-21-25-14-8-3-9-15-25)29(38-20-24-12-6-2-7-13-24)27(40-32)22-37-19-23-10-4-1-5-11-23/h1-17,27,29-30,32H,19-22H2. The van der Waals surface area contributed by atoms with Gasteiger partial charge in [-0.15, -0.1) is 0 Å². The van der Waals surface area contributed by atoms with Crippen LogP contribution in [0.25, 0.3) is 0 Å². The van der Waals surface area contributed by atoms with Gasteiger partial charge in [0.25, 0.3) is 5.24 Å². The van der Waals surface area contributed by atoms with Crippen molar-refractivity contribution in [3.8, 4) is 6.07 Å². The Bertz CT molecular complexity index is 1420. The van der Waals surface area contributed by atoms with E-state index in [2.05, 4.69) is 0 Å². The molecule has 4 unspecified atom stereocenters. The molecule has 0 bridgehead atoms. The van der Waals surface area contributed by atoms with Crippen LogP contribution in [-0.2, 0) is 38.8 Å². The second-order valence-corrected chi connectivity index (χ2v) is 9.80. The smallest absolute Gasteiger partial charge is 0.270 e. The molecule has 1 aliphatic heterocycles. The lowest BCUT2D eigenvalue weighted by Gasteiger charge is -2.26. The first kappa shape index (κ1) is 27.8. The van der Waals surface area contributed by atoms with Crippen molar-refractivity contribution >= 4 is 16.8 Å². The molecule has 4 aromatic rings. The van der Waals surface area contributed by atoms with E-state index < -0.39 is 29.8 Å². The predicted molar refractivity (Wildman–Crippen MR) is 149 cm³/mol. The molecule has 1 aromatic heterocycles. The molecule has 1 aliphatic rings. The summed E-state index contributed by atoms with van der Waals surface area (Å²) in [5.41, 5.74) is 3.23. The summed E-state index contributed by atoms with van der Waals surface area (Å²) >= 11 is 5.93. The highest BCUT2D eigenvalue weighted by Gasteiger charge is 2.48. The average molecular weight is 557 g/mol. The minimum absolute atomic E-state index is 0.0511. The number of nitrogens with zero attached hydrogens (tertiary/aromatic N) is 2. The normalized spacial score (nSPS) is 20.3. The van der Waals surface area contributed by atoms with Crippen molar-refractivity contribution < 1.29 is 23.7 Å². The van der Waals surface area contributed by atoms with Gasteiger partial charge < -0.3 is 23.5 Å². The van der Waals surface area contributed by atoms with E-state index in [1.165, 1.54) is 0 Å². The topological polar surface area (TPSA) is 82.7 Å². The van der Waals surface area contributed by atoms with Crippen LogP contribution in [0.2, 0.25) is 0 Å². The minimum Gasteiger partial charge on any atom is -0.374 e. The van der Waals surface area contributed by atoms with E-state index >= 15 is 0 Å². The first-order valence-corrected chi connectivity index (χ1v) is 13.4. The van der Waals surface area contributed by atoms with Gasteiger partial charge in [-0.05, 0) is 34.4 Å². The van der Waals surface area contributed by atoms with Gasteiger partial charge in [-0.2, -0.15) is 5.26 Å². The predicted octanol–water partition coefficient (Wildman–Crippen LogP) is 6.02. The zero-order valence-corrected chi connectivity index (χ0v) is 22.5. The Morgan fingerprint density at radius 2 is 1.32 bits per heavy atom. The molecule has 3 aromatic carbocycles. The maximum absolute atomic E-state index is 12.4. The first-order chi connectivity index (χ1) is 19.6. The molecule has 40 heavy (non-hydrogen) atoms. The highest BCUT2D eigenvalue weighted by Crippen LogP contribution is 2.37. The summed E-state index contributed by atoms with van der Waals surface area (Å²) in [5, 5.41) is 8.84. The first-order valence-electron chi connectivity index (χ1n) is 13.0. The van der Waals surface area contributed by atoms with E-state index in [9.17, 15) is 10.1 Å². The van der Waals surface area contributed by atoms with Crippen molar-refractivity contribution in [3.63, 3.8) is 0 Å². The second kappa shape index (κ2) is 13.5. The summed E-state index contributed by atoms with van der Waals surface area (Å²) in [5.74, 6) is 0. The number of carbonyl (C=O) groups is 1. The highest BCUT2D eigenvalue weighted by molar-refractivity contribution is 6.67. The molecule has 1 fully saturated rings. The largest absolute Gasteiger partial charge is 0.374 e. The van der Waals surface area contributed by atoms with Gasteiger partial charge in [0, 0.05) is 6.20 Å². The number of carbonyl (C=O) groups excluding carboxylic acids is 1. The number of nitriles is 1. The fourth-order valence-corrected chi connectivity index (χ4v) is 5.00. The van der Waals surface area contributed by atoms with Gasteiger partial charge in [0.1, 0.15) is 30.1 Å². The zero-order valence-electron chi connectivity index (χ0n) is 21.8. The maximum Gasteiger partial charge on any atom is 0.270 e. The Labute approximate surface area is 238 Å². The number of hydrogen-bond donors (Lipinski definition) is 0. The van der Waals surface area contributed by atoms with Crippen LogP contribution < -0.4 is 0 Å². The molecular weight excluding hydrogens is 528 g/mol. The third-order valence-electron chi connectivity index (χ3n) is 6.75. The summed E-state index contributed by atoms with van der Waals surface area (Å²) in [6.07, 6.45) is -0.864. The van der Waals surface area contributed by atoms with Crippen molar-refractivity contribution in [2.24, 2.45) is 0 Å². The van der Waals surface area contributed by atoms with Crippen molar-refractivity contribution in [3.05, 3.63) is 131 Å². The molecule has 0 N–H and O–H groups in total. The van der Waals surface area contributed by atoms with Gasteiger partial charge in [0.2, 0.25) is 0 Å². The van der Waals surface area contributed by atoms with E-state index in [0.717, 1.165) is 16.7 Å². The van der Waals surface area contributed by atoms with Crippen LogP contribution in [0.4, 0.5) is 0 Å². The van der Waals surface area contributed by atoms with Crippen molar-refractivity contribution in [1.29, 1.82) is 5.26 Å². The van der Waals surface area contributed by atoms with Gasteiger partial charge in [-0.25, -0.2) is 0 Å². The lowest BCUT2D eigenvalue weighted by molar-refractivity contribution is -0.0917. The third-order valence-corrected chi connectivity index (χ3v) is 6.92. The monoisotopic (exact) mass is 556 g/mol. The van der Waals surface area contributed by atoms with E-state index in [0.29, 0.717) is 19.8 Å². The van der Waals surface area contributed by atoms with E-state index in [1.54, 1.807) is 16.8 Å². The number of benzene rings is 3. The van der Waals surface area contributed by atoms with Crippen LogP contribution in [0.1, 0.15) is 39.0 Å². The average Bonchev–Trinajstić information content (AvgIpc) is 3.58. The second-order valence-electron chi connectivity index (χ2n) is 9.46. The van der Waals surface area contributed by atoms with Gasteiger partial charge in [0.15, 0.2) is 6.23 Å². The van der Waals surface area contributed by atoms with Gasteiger partial charge in [-0.3, -0.25) is 4.79 Å². The van der Waals surface area contributed by atoms with Crippen LogP contribution in [0, 0.1) is 11.3 Å². The SMILES string of the molecule is N#Cc1ccn(C2OC(COCc3ccccc3)C(OCc3ccccc3)C2OCc2ccccc2)c1C(=O)Cl. The Morgan fingerprint density at radius 3 is 1.85 bits per heavy atom. The summed E-state index contributed by atoms with van der Waals surface area (Å²) in [6, 6.07) is 33.1. The molecule has 0 radical (unpaired) electrons. The van der Waals surface area contributed by atoms with E-state index in [4.69, 9.17) is 30.5 Å². The van der Waals surface area contributed by atoms with Crippen molar-refractivity contribution in [1.82, 2.24) is 4.57 Å². The Morgan fingerprint density at radius 1 is 0.800 bits per heavy atom. The molecule has 0 saturated carbocycles. The molecule has 0 aliphatic carbocycles. The summed E-state index contributed by atoms with van der Waals surface area (Å²) in [4.78, 5) is 12.4. The van der Waals surface area contributed by atoms with Crippen LogP contribution in [-0.4, -0.2) is 34.7 Å². The van der Waals surface area contributed by atoms with Gasteiger partial charge in [-0.1, -0.05) is 91.0 Å². The zero-order chi connectivity index (χ0) is 27.7. The fraction of sp³-hybridized carbons (Fsp3) is 0.250. The Balaban J connectivity index is 1.44. The molecule has 4 atom stereocenters. The Kier molecular flexibility index (Phi) is 9.40. The van der Waals surface area contributed by atoms with Crippen LogP contribution in [0.15, 0.2) is 103 Å². The summed E-state index contributed by atoms with van der Waals surface area (Å²) in [6.45, 7) is 1.26. The lowest BCUT2D eigenvalue weighted by atomic mass is 10.1. The molecule has 2 heterocycles. The number of rotatable bonds is 12. The molecule has 1 saturated heterocycles. The maximum atomic E-state index is 12.4. The number of halogens is 1. The third kappa shape index (κ3) is 6.68. The van der Waals surface area contributed by atoms with Crippen molar-refractivity contribution in [2.75, 3.05) is 6.61 Å². The number of aromatic nitrogens is 1. The molecule has 5 rings (SSSR count). The van der Waals surface area contributed by atoms with Gasteiger partial charge >= 0.3 is 0 Å². The van der Waals surface area contributed by atoms with Crippen LogP contribution in [0.3, 0.4) is 0 Å². The molecule has 7 nitrogen and oxygen atoms in total. The van der Waals surface area contributed by atoms with Crippen molar-refractivity contribution in [2.45, 2.75) is 44.4 Å². The van der Waals surface area contributed by atoms with Crippen LogP contribution in [0.5, 0.6) is 0 Å². The lowest BCUT2D eigenvalue weighted by Crippen LogP contribution is -2.38. The molecule has 0 spiro atoms. The molecular formula is C32H29ClN2O5. The Hall–Kier alpha value is -3.77.